The molecule has 9 heteroatoms. The number of ether oxygens (including phenoxy) is 1. The maximum Gasteiger partial charge on any atom is 0.282 e. The Labute approximate surface area is 159 Å². The molecular weight excluding hydrogens is 368 g/mol. The molecule has 0 unspecified atom stereocenters. The monoisotopic (exact) mass is 392 g/mol. The van der Waals surface area contributed by atoms with E-state index >= 15 is 0 Å². The molecule has 0 radical (unpaired) electrons. The highest BCUT2D eigenvalue weighted by atomic mass is 32.2. The molecule has 0 amide bonds. The predicted octanol–water partition coefficient (Wildman–Crippen LogP) is 1.04. The van der Waals surface area contributed by atoms with Crippen molar-refractivity contribution in [3.63, 3.8) is 0 Å². The van der Waals surface area contributed by atoms with E-state index in [2.05, 4.69) is 9.88 Å². The number of nitrogens with zero attached hydrogens (tertiary/aromatic N) is 4. The van der Waals surface area contributed by atoms with Crippen LogP contribution in [0.2, 0.25) is 0 Å². The number of rotatable bonds is 5. The molecule has 27 heavy (non-hydrogen) atoms. The summed E-state index contributed by atoms with van der Waals surface area (Å²) in [5, 5.41) is 0. The maximum absolute atomic E-state index is 12.7. The molecule has 8 nitrogen and oxygen atoms in total. The highest BCUT2D eigenvalue weighted by Gasteiger charge is 2.33. The first kappa shape index (κ1) is 18.6. The minimum Gasteiger partial charge on any atom is -0.444 e. The molecule has 0 saturated carbocycles. The fourth-order valence-corrected chi connectivity index (χ4v) is 4.94. The van der Waals surface area contributed by atoms with Gasteiger partial charge >= 0.3 is 0 Å². The van der Waals surface area contributed by atoms with Crippen LogP contribution in [0, 0.1) is 0 Å². The highest BCUT2D eigenvalue weighted by molar-refractivity contribution is 7.86. The van der Waals surface area contributed by atoms with Crippen molar-refractivity contribution in [3.05, 3.63) is 42.3 Å². The Morgan fingerprint density at radius 1 is 0.926 bits per heavy atom. The van der Waals surface area contributed by atoms with Gasteiger partial charge < -0.3 is 9.15 Å². The number of hydrogen-bond acceptors (Lipinski definition) is 6. The zero-order valence-electron chi connectivity index (χ0n) is 15.2. The third-order valence-corrected chi connectivity index (χ3v) is 6.95. The molecule has 4 rings (SSSR count). The molecule has 2 aromatic rings. The van der Waals surface area contributed by atoms with E-state index in [1.807, 2.05) is 30.3 Å². The first-order valence-electron chi connectivity index (χ1n) is 9.18. The van der Waals surface area contributed by atoms with Crippen LogP contribution in [0.15, 0.2) is 41.0 Å². The van der Waals surface area contributed by atoms with Crippen molar-refractivity contribution in [2.24, 2.45) is 0 Å². The van der Waals surface area contributed by atoms with Crippen molar-refractivity contribution in [2.45, 2.75) is 6.54 Å². The van der Waals surface area contributed by atoms with Crippen molar-refractivity contribution in [1.29, 1.82) is 0 Å². The molecule has 2 fully saturated rings. The normalized spacial score (nSPS) is 20.7. The molecule has 1 aromatic carbocycles. The van der Waals surface area contributed by atoms with Gasteiger partial charge in [0.25, 0.3) is 10.2 Å². The SMILES string of the molecule is O=S(=O)(N1CCOCC1)N1CCN(Cc2coc(-c3ccccc3)n2)CC1. The summed E-state index contributed by atoms with van der Waals surface area (Å²) < 4.78 is 39.4. The average Bonchev–Trinajstić information content (AvgIpc) is 3.18. The van der Waals surface area contributed by atoms with Crippen LogP contribution in [0.5, 0.6) is 0 Å². The molecule has 0 N–H and O–H groups in total. The van der Waals surface area contributed by atoms with E-state index in [1.165, 1.54) is 4.31 Å². The summed E-state index contributed by atoms with van der Waals surface area (Å²) in [5.41, 5.74) is 1.81. The molecule has 1 aromatic heterocycles. The van der Waals surface area contributed by atoms with E-state index in [9.17, 15) is 8.42 Å². The van der Waals surface area contributed by atoms with E-state index in [0.717, 1.165) is 11.3 Å². The first-order valence-corrected chi connectivity index (χ1v) is 10.6. The van der Waals surface area contributed by atoms with Crippen LogP contribution in [0.25, 0.3) is 11.5 Å². The van der Waals surface area contributed by atoms with Crippen molar-refractivity contribution < 1.29 is 17.6 Å². The second-order valence-electron chi connectivity index (χ2n) is 6.70. The van der Waals surface area contributed by atoms with Crippen LogP contribution in [-0.4, -0.2) is 79.4 Å². The smallest absolute Gasteiger partial charge is 0.282 e. The van der Waals surface area contributed by atoms with E-state index < -0.39 is 10.2 Å². The number of piperazine rings is 1. The van der Waals surface area contributed by atoms with Gasteiger partial charge in [0.15, 0.2) is 0 Å². The van der Waals surface area contributed by atoms with Crippen molar-refractivity contribution >= 4 is 10.2 Å². The third kappa shape index (κ3) is 4.22. The maximum atomic E-state index is 12.7. The van der Waals surface area contributed by atoms with Crippen LogP contribution in [0.1, 0.15) is 5.69 Å². The largest absolute Gasteiger partial charge is 0.444 e. The van der Waals surface area contributed by atoms with Crippen LogP contribution in [0.3, 0.4) is 0 Å². The van der Waals surface area contributed by atoms with Crippen LogP contribution in [-0.2, 0) is 21.5 Å². The summed E-state index contributed by atoms with van der Waals surface area (Å²) in [6.45, 7) is 4.79. The topological polar surface area (TPSA) is 79.1 Å². The van der Waals surface area contributed by atoms with E-state index in [1.54, 1.807) is 10.6 Å². The summed E-state index contributed by atoms with van der Waals surface area (Å²) >= 11 is 0. The Morgan fingerprint density at radius 3 is 2.30 bits per heavy atom. The van der Waals surface area contributed by atoms with Crippen molar-refractivity contribution in [2.75, 3.05) is 52.5 Å². The summed E-state index contributed by atoms with van der Waals surface area (Å²) in [6.07, 6.45) is 1.68. The van der Waals surface area contributed by atoms with Gasteiger partial charge in [0.05, 0.1) is 18.9 Å². The van der Waals surface area contributed by atoms with E-state index in [0.29, 0.717) is 64.9 Å². The molecule has 2 aliphatic heterocycles. The van der Waals surface area contributed by atoms with Crippen LogP contribution < -0.4 is 0 Å². The summed E-state index contributed by atoms with van der Waals surface area (Å²) in [4.78, 5) is 6.76. The zero-order chi connectivity index (χ0) is 18.7. The van der Waals surface area contributed by atoms with Gasteiger partial charge in [-0.15, -0.1) is 0 Å². The standard InChI is InChI=1S/C18H24N4O4S/c23-27(24,22-10-12-25-13-11-22)21-8-6-20(7-9-21)14-17-15-26-18(19-17)16-4-2-1-3-5-16/h1-5,15H,6-14H2. The van der Waals surface area contributed by atoms with E-state index in [-0.39, 0.29) is 0 Å². The van der Waals surface area contributed by atoms with Gasteiger partial charge in [-0.2, -0.15) is 17.0 Å². The lowest BCUT2D eigenvalue weighted by Crippen LogP contribution is -2.54. The molecule has 2 saturated heterocycles. The number of morpholine rings is 1. The number of oxazole rings is 1. The molecular formula is C18H24N4O4S. The molecule has 0 aliphatic carbocycles. The van der Waals surface area contributed by atoms with Gasteiger partial charge in [0.1, 0.15) is 6.26 Å². The van der Waals surface area contributed by atoms with Crippen molar-refractivity contribution in [3.8, 4) is 11.5 Å². The van der Waals surface area contributed by atoms with Crippen LogP contribution >= 0.6 is 0 Å². The lowest BCUT2D eigenvalue weighted by molar-refractivity contribution is 0.0683. The summed E-state index contributed by atoms with van der Waals surface area (Å²) in [7, 11) is -3.39. The number of hydrogen-bond donors (Lipinski definition) is 0. The van der Waals surface area contributed by atoms with Crippen LogP contribution in [0.4, 0.5) is 0 Å². The Kier molecular flexibility index (Phi) is 5.55. The second-order valence-corrected chi connectivity index (χ2v) is 8.63. The minimum atomic E-state index is -3.39. The third-order valence-electron chi connectivity index (χ3n) is 4.91. The van der Waals surface area contributed by atoms with Gasteiger partial charge in [-0.1, -0.05) is 18.2 Å². The molecule has 3 heterocycles. The van der Waals surface area contributed by atoms with E-state index in [4.69, 9.17) is 9.15 Å². The quantitative estimate of drug-likeness (QED) is 0.756. The molecule has 146 valence electrons. The van der Waals surface area contributed by atoms with Gasteiger partial charge in [0.2, 0.25) is 5.89 Å². The number of aromatic nitrogens is 1. The molecule has 2 aliphatic rings. The van der Waals surface area contributed by atoms with Crippen molar-refractivity contribution in [1.82, 2.24) is 18.5 Å². The first-order chi connectivity index (χ1) is 13.1. The van der Waals surface area contributed by atoms with Gasteiger partial charge in [-0.25, -0.2) is 4.98 Å². The van der Waals surface area contributed by atoms with Gasteiger partial charge in [-0.05, 0) is 12.1 Å². The number of benzene rings is 1. The van der Waals surface area contributed by atoms with Gasteiger partial charge in [-0.3, -0.25) is 4.90 Å². The fourth-order valence-electron chi connectivity index (χ4n) is 3.38. The highest BCUT2D eigenvalue weighted by Crippen LogP contribution is 2.20. The molecule has 0 spiro atoms. The van der Waals surface area contributed by atoms with Gasteiger partial charge in [0, 0.05) is 51.4 Å². The summed E-state index contributed by atoms with van der Waals surface area (Å²) in [5.74, 6) is 0.610. The molecule has 0 atom stereocenters. The Balaban J connectivity index is 1.33. The average molecular weight is 392 g/mol. The fraction of sp³-hybridized carbons (Fsp3) is 0.500. The lowest BCUT2D eigenvalue weighted by atomic mass is 10.2. The lowest BCUT2D eigenvalue weighted by Gasteiger charge is -2.37. The zero-order valence-corrected chi connectivity index (χ0v) is 16.0. The summed E-state index contributed by atoms with van der Waals surface area (Å²) in [6, 6.07) is 9.79. The Morgan fingerprint density at radius 2 is 1.59 bits per heavy atom. The minimum absolute atomic E-state index is 0.434. The Bertz CT molecular complexity index is 841. The molecule has 0 bridgehead atoms. The predicted molar refractivity (Wildman–Crippen MR) is 100 cm³/mol. The Hall–Kier alpha value is -1.78. The second kappa shape index (κ2) is 8.07.